The van der Waals surface area contributed by atoms with Crippen molar-refractivity contribution in [3.05, 3.63) is 59.1 Å². The first kappa shape index (κ1) is 30.8. The highest BCUT2D eigenvalue weighted by Crippen LogP contribution is 2.42. The van der Waals surface area contributed by atoms with Crippen LogP contribution in [0.15, 0.2) is 36.4 Å². The first-order chi connectivity index (χ1) is 22.6. The second-order valence-corrected chi connectivity index (χ2v) is 15.6. The molecule has 3 N–H and O–H groups in total. The summed E-state index contributed by atoms with van der Waals surface area (Å²) in [5.74, 6) is 0.659. The molecule has 0 radical (unpaired) electrons. The topological polar surface area (TPSA) is 123 Å². The summed E-state index contributed by atoms with van der Waals surface area (Å²) in [5.41, 5.74) is 3.77. The summed E-state index contributed by atoms with van der Waals surface area (Å²) in [6.07, 6.45) is 5.77. The number of aryl methyl sites for hydroxylation is 1. The number of phenols is 1. The van der Waals surface area contributed by atoms with Gasteiger partial charge in [0.15, 0.2) is 0 Å². The third kappa shape index (κ3) is 5.41. The Kier molecular flexibility index (Phi) is 7.39. The summed E-state index contributed by atoms with van der Waals surface area (Å²) < 4.78 is 51.8. The van der Waals surface area contributed by atoms with E-state index in [4.69, 9.17) is 14.7 Å². The lowest BCUT2D eigenvalue weighted by Gasteiger charge is -2.41. The highest BCUT2D eigenvalue weighted by molar-refractivity contribution is 7.87. The SMILES string of the molecule is C=C1CN2CCCC2(COc2nc3c(c(N4CCCC5(CNS(=O)(=O)N5)C4)n2)CCN(c2cc(O)cc4ccc(F)c(CC)c24)C3)C1. The molecule has 0 bridgehead atoms. The predicted octanol–water partition coefficient (Wildman–Crippen LogP) is 3.55. The van der Waals surface area contributed by atoms with Crippen LogP contribution in [0.2, 0.25) is 0 Å². The number of rotatable bonds is 6. The molecule has 47 heavy (non-hydrogen) atoms. The van der Waals surface area contributed by atoms with Crippen molar-refractivity contribution >= 4 is 32.5 Å². The third-order valence-corrected chi connectivity index (χ3v) is 12.1. The van der Waals surface area contributed by atoms with Crippen molar-refractivity contribution in [1.82, 2.24) is 24.3 Å². The zero-order valence-electron chi connectivity index (χ0n) is 26.8. The normalized spacial score (nSPS) is 27.1. The van der Waals surface area contributed by atoms with Gasteiger partial charge in [-0.2, -0.15) is 23.1 Å². The van der Waals surface area contributed by atoms with Crippen LogP contribution in [0.25, 0.3) is 10.8 Å². The highest BCUT2D eigenvalue weighted by Gasteiger charge is 2.47. The Morgan fingerprint density at radius 3 is 2.77 bits per heavy atom. The van der Waals surface area contributed by atoms with Gasteiger partial charge in [-0.15, -0.1) is 0 Å². The fraction of sp³-hybridized carbons (Fsp3) is 0.529. The largest absolute Gasteiger partial charge is 0.508 e. The van der Waals surface area contributed by atoms with Crippen molar-refractivity contribution in [3.63, 3.8) is 0 Å². The smallest absolute Gasteiger partial charge is 0.318 e. The van der Waals surface area contributed by atoms with E-state index in [2.05, 4.69) is 30.7 Å². The average molecular weight is 664 g/mol. The molecule has 0 amide bonds. The van der Waals surface area contributed by atoms with Crippen LogP contribution in [-0.2, 0) is 29.6 Å². The predicted molar refractivity (Wildman–Crippen MR) is 179 cm³/mol. The van der Waals surface area contributed by atoms with Crippen molar-refractivity contribution in [3.8, 4) is 11.8 Å². The Labute approximate surface area is 275 Å². The van der Waals surface area contributed by atoms with Crippen molar-refractivity contribution < 1.29 is 22.7 Å². The molecule has 2 aromatic carbocycles. The monoisotopic (exact) mass is 663 g/mol. The van der Waals surface area contributed by atoms with Crippen LogP contribution in [-0.4, -0.2) is 85.3 Å². The molecule has 0 saturated carbocycles. The molecular formula is C34H42FN7O4S. The fourth-order valence-electron chi connectivity index (χ4n) is 8.77. The Morgan fingerprint density at radius 1 is 1.11 bits per heavy atom. The summed E-state index contributed by atoms with van der Waals surface area (Å²) in [4.78, 5) is 16.9. The average Bonchev–Trinajstić information content (AvgIpc) is 3.67. The molecule has 5 aliphatic rings. The number of hydrogen-bond acceptors (Lipinski definition) is 9. The van der Waals surface area contributed by atoms with E-state index in [9.17, 15) is 13.5 Å². The standard InChI is InChI=1S/C34H42FN7O4S/c1-3-25-27(35)7-6-23-14-24(43)15-29(30(23)25)40-13-8-26-28(18-40)37-32(46-21-34-10-5-12-42(34)17-22(2)16-34)38-31(26)41-11-4-9-33(20-41)19-36-47(44,45)39-33/h6-7,14-15,36,39,43H,2-5,8-13,16-21H2,1H3. The Morgan fingerprint density at radius 2 is 1.96 bits per heavy atom. The van der Waals surface area contributed by atoms with E-state index in [1.54, 1.807) is 18.2 Å². The van der Waals surface area contributed by atoms with E-state index in [0.29, 0.717) is 57.2 Å². The molecule has 8 rings (SSSR count). The number of benzene rings is 2. The van der Waals surface area contributed by atoms with E-state index in [0.717, 1.165) is 85.3 Å². The highest BCUT2D eigenvalue weighted by atomic mass is 32.2. The maximum atomic E-state index is 15.0. The van der Waals surface area contributed by atoms with Crippen LogP contribution in [0.4, 0.5) is 15.9 Å². The molecule has 2 atom stereocenters. The molecule has 6 heterocycles. The van der Waals surface area contributed by atoms with Gasteiger partial charge in [-0.05, 0) is 74.6 Å². The summed E-state index contributed by atoms with van der Waals surface area (Å²) >= 11 is 0. The van der Waals surface area contributed by atoms with Crippen molar-refractivity contribution in [1.29, 1.82) is 0 Å². The lowest BCUT2D eigenvalue weighted by atomic mass is 9.89. The molecule has 5 aliphatic heterocycles. The van der Waals surface area contributed by atoms with Gasteiger partial charge >= 0.3 is 6.01 Å². The van der Waals surface area contributed by atoms with Gasteiger partial charge in [0, 0.05) is 55.4 Å². The van der Waals surface area contributed by atoms with Gasteiger partial charge in [0.1, 0.15) is 24.0 Å². The number of ether oxygens (including phenoxy) is 1. The second kappa shape index (κ2) is 11.3. The number of piperidine rings is 1. The zero-order valence-corrected chi connectivity index (χ0v) is 27.6. The number of phenolic OH excluding ortho intramolecular Hbond substituents is 1. The molecule has 1 spiro atoms. The number of anilines is 2. The minimum Gasteiger partial charge on any atom is -0.508 e. The van der Waals surface area contributed by atoms with Gasteiger partial charge in [0.25, 0.3) is 10.2 Å². The van der Waals surface area contributed by atoms with Gasteiger partial charge in [0.05, 0.1) is 23.3 Å². The number of aromatic hydroxyl groups is 1. The number of halogens is 1. The summed E-state index contributed by atoms with van der Waals surface area (Å²) in [7, 11) is -3.54. The van der Waals surface area contributed by atoms with Crippen molar-refractivity contribution in [2.75, 3.05) is 55.7 Å². The third-order valence-electron chi connectivity index (χ3n) is 10.9. The van der Waals surface area contributed by atoms with Crippen LogP contribution >= 0.6 is 0 Å². The lowest BCUT2D eigenvalue weighted by Crippen LogP contribution is -2.57. The zero-order chi connectivity index (χ0) is 32.6. The van der Waals surface area contributed by atoms with Crippen LogP contribution in [0.5, 0.6) is 11.8 Å². The summed E-state index contributed by atoms with van der Waals surface area (Å²) in [5, 5.41) is 12.3. The number of fused-ring (bicyclic) bond motifs is 3. The second-order valence-electron chi connectivity index (χ2n) is 14.1. The minimum absolute atomic E-state index is 0.0906. The maximum Gasteiger partial charge on any atom is 0.318 e. The van der Waals surface area contributed by atoms with E-state index in [-0.39, 0.29) is 17.1 Å². The molecular weight excluding hydrogens is 621 g/mol. The first-order valence-electron chi connectivity index (χ1n) is 16.7. The lowest BCUT2D eigenvalue weighted by molar-refractivity contribution is 0.107. The molecule has 0 aliphatic carbocycles. The molecule has 11 nitrogen and oxygen atoms in total. The summed E-state index contributed by atoms with van der Waals surface area (Å²) in [6, 6.07) is 6.90. The Hall–Kier alpha value is -3.52. The number of nitrogens with one attached hydrogen (secondary N) is 2. The molecule has 2 unspecified atom stereocenters. The molecule has 250 valence electrons. The molecule has 4 fully saturated rings. The first-order valence-corrected chi connectivity index (χ1v) is 18.2. The Bertz CT molecular complexity index is 1890. The minimum atomic E-state index is -3.54. The maximum absolute atomic E-state index is 15.0. The van der Waals surface area contributed by atoms with Crippen LogP contribution in [0, 0.1) is 5.82 Å². The van der Waals surface area contributed by atoms with E-state index < -0.39 is 15.7 Å². The quantitative estimate of drug-likeness (QED) is 0.340. The van der Waals surface area contributed by atoms with Crippen LogP contribution in [0.1, 0.15) is 55.8 Å². The fourth-order valence-corrected chi connectivity index (χ4v) is 10.1. The van der Waals surface area contributed by atoms with Gasteiger partial charge in [-0.1, -0.05) is 25.1 Å². The van der Waals surface area contributed by atoms with Gasteiger partial charge in [-0.3, -0.25) is 4.90 Å². The number of hydrogen-bond donors (Lipinski definition) is 3. The number of nitrogens with zero attached hydrogens (tertiary/aromatic N) is 5. The van der Waals surface area contributed by atoms with E-state index in [1.165, 1.54) is 11.6 Å². The van der Waals surface area contributed by atoms with Crippen molar-refractivity contribution in [2.45, 2.75) is 69.5 Å². The Balaban J connectivity index is 1.17. The van der Waals surface area contributed by atoms with Gasteiger partial charge in [0.2, 0.25) is 0 Å². The molecule has 3 aromatic rings. The van der Waals surface area contributed by atoms with Gasteiger partial charge < -0.3 is 19.6 Å². The molecule has 1 aromatic heterocycles. The molecule has 13 heteroatoms. The molecule has 4 saturated heterocycles. The van der Waals surface area contributed by atoms with Crippen LogP contribution < -0.4 is 24.0 Å². The number of aromatic nitrogens is 2. The summed E-state index contributed by atoms with van der Waals surface area (Å²) in [6.45, 7) is 11.2. The van der Waals surface area contributed by atoms with Gasteiger partial charge in [-0.25, -0.2) is 9.11 Å². The van der Waals surface area contributed by atoms with E-state index >= 15 is 4.39 Å². The van der Waals surface area contributed by atoms with Crippen molar-refractivity contribution in [2.24, 2.45) is 0 Å². The van der Waals surface area contributed by atoms with E-state index in [1.807, 2.05) is 6.92 Å². The van der Waals surface area contributed by atoms with Crippen LogP contribution in [0.3, 0.4) is 0 Å².